The van der Waals surface area contributed by atoms with Crippen LogP contribution < -0.4 is 15.4 Å². The van der Waals surface area contributed by atoms with Crippen LogP contribution in [0.5, 0.6) is 5.75 Å². The fourth-order valence-corrected chi connectivity index (χ4v) is 3.39. The van der Waals surface area contributed by atoms with Crippen LogP contribution >= 0.6 is 11.6 Å². The summed E-state index contributed by atoms with van der Waals surface area (Å²) in [6.07, 6.45) is 2.48. The number of methoxy groups -OCH3 is 1. The Morgan fingerprint density at radius 3 is 2.63 bits per heavy atom. The molecule has 2 rings (SSSR count). The Morgan fingerprint density at radius 1 is 1.26 bits per heavy atom. The van der Waals surface area contributed by atoms with Gasteiger partial charge in [-0.1, -0.05) is 18.0 Å². The Labute approximate surface area is 163 Å². The number of aryl methyl sites for hydroxylation is 1. The number of carbonyl (C=O) groups is 3. The number of carbonyl (C=O) groups excluding carboxylic acids is 2. The van der Waals surface area contributed by atoms with Gasteiger partial charge >= 0.3 is 5.97 Å². The smallest absolute Gasteiger partial charge is 0.306 e. The van der Waals surface area contributed by atoms with Crippen molar-refractivity contribution in [2.45, 2.75) is 39.0 Å². The van der Waals surface area contributed by atoms with E-state index in [4.69, 9.17) is 21.4 Å². The maximum atomic E-state index is 12.2. The summed E-state index contributed by atoms with van der Waals surface area (Å²) in [5.41, 5.74) is 1.33. The van der Waals surface area contributed by atoms with Gasteiger partial charge in [-0.05, 0) is 37.8 Å². The van der Waals surface area contributed by atoms with E-state index in [2.05, 4.69) is 10.6 Å². The molecule has 0 saturated heterocycles. The van der Waals surface area contributed by atoms with Crippen molar-refractivity contribution >= 4 is 35.1 Å². The highest BCUT2D eigenvalue weighted by Crippen LogP contribution is 2.31. The number of hydrogen-bond donors (Lipinski definition) is 3. The monoisotopic (exact) mass is 396 g/mol. The van der Waals surface area contributed by atoms with Crippen LogP contribution in [0.3, 0.4) is 0 Å². The molecule has 8 heteroatoms. The maximum Gasteiger partial charge on any atom is 0.306 e. The van der Waals surface area contributed by atoms with E-state index in [0.29, 0.717) is 35.7 Å². The van der Waals surface area contributed by atoms with Gasteiger partial charge in [0, 0.05) is 30.0 Å². The first-order chi connectivity index (χ1) is 12.8. The number of rotatable bonds is 7. The zero-order valence-corrected chi connectivity index (χ0v) is 16.3. The van der Waals surface area contributed by atoms with Crippen molar-refractivity contribution in [2.75, 3.05) is 19.0 Å². The number of halogens is 1. The molecule has 2 atom stereocenters. The number of benzene rings is 1. The van der Waals surface area contributed by atoms with Crippen LogP contribution in [0, 0.1) is 18.8 Å². The van der Waals surface area contributed by atoms with Crippen molar-refractivity contribution in [1.82, 2.24) is 5.32 Å². The van der Waals surface area contributed by atoms with Crippen molar-refractivity contribution < 1.29 is 24.2 Å². The van der Waals surface area contributed by atoms with E-state index in [1.165, 1.54) is 7.11 Å². The second-order valence-electron chi connectivity index (χ2n) is 6.79. The van der Waals surface area contributed by atoms with Gasteiger partial charge in [-0.2, -0.15) is 0 Å². The summed E-state index contributed by atoms with van der Waals surface area (Å²) in [5.74, 6) is -1.60. The second kappa shape index (κ2) is 9.60. The van der Waals surface area contributed by atoms with Crippen LogP contribution in [0.2, 0.25) is 5.02 Å². The lowest BCUT2D eigenvalue weighted by molar-refractivity contribution is -0.144. The molecule has 0 spiro atoms. The van der Waals surface area contributed by atoms with Gasteiger partial charge in [0.1, 0.15) is 5.75 Å². The SMILES string of the molecule is COc1cc(Cl)c(C)cc1NC(=O)CCNC(=O)C1CCCC(C(=O)O)C1. The predicted octanol–water partition coefficient (Wildman–Crippen LogP) is 2.99. The van der Waals surface area contributed by atoms with Gasteiger partial charge < -0.3 is 20.5 Å². The van der Waals surface area contributed by atoms with Crippen LogP contribution in [0.25, 0.3) is 0 Å². The first kappa shape index (κ1) is 21.0. The summed E-state index contributed by atoms with van der Waals surface area (Å²) in [4.78, 5) is 35.5. The van der Waals surface area contributed by atoms with Crippen LogP contribution in [-0.4, -0.2) is 36.5 Å². The minimum Gasteiger partial charge on any atom is -0.495 e. The molecule has 0 aromatic heterocycles. The molecular weight excluding hydrogens is 372 g/mol. The zero-order chi connectivity index (χ0) is 20.0. The van der Waals surface area contributed by atoms with Crippen LogP contribution in [0.4, 0.5) is 5.69 Å². The highest BCUT2D eigenvalue weighted by Gasteiger charge is 2.30. The normalized spacial score (nSPS) is 19.2. The van der Waals surface area contributed by atoms with Crippen LogP contribution in [-0.2, 0) is 14.4 Å². The molecule has 1 saturated carbocycles. The van der Waals surface area contributed by atoms with Crippen molar-refractivity contribution in [1.29, 1.82) is 0 Å². The van der Waals surface area contributed by atoms with E-state index in [0.717, 1.165) is 12.0 Å². The van der Waals surface area contributed by atoms with E-state index in [1.807, 2.05) is 6.92 Å². The zero-order valence-electron chi connectivity index (χ0n) is 15.5. The van der Waals surface area contributed by atoms with Gasteiger partial charge in [0.05, 0.1) is 18.7 Å². The summed E-state index contributed by atoms with van der Waals surface area (Å²) >= 11 is 6.05. The average Bonchev–Trinajstić information content (AvgIpc) is 2.64. The molecule has 148 valence electrons. The number of amides is 2. The van der Waals surface area contributed by atoms with E-state index in [1.54, 1.807) is 12.1 Å². The number of carboxylic acid groups (broad SMARTS) is 1. The third-order valence-electron chi connectivity index (χ3n) is 4.80. The molecule has 2 unspecified atom stereocenters. The molecule has 1 aliphatic carbocycles. The van der Waals surface area contributed by atoms with Crippen molar-refractivity contribution in [3.8, 4) is 5.75 Å². The molecule has 1 fully saturated rings. The summed E-state index contributed by atoms with van der Waals surface area (Å²) < 4.78 is 5.22. The third kappa shape index (κ3) is 5.85. The largest absolute Gasteiger partial charge is 0.495 e. The molecule has 2 amide bonds. The minimum atomic E-state index is -0.848. The third-order valence-corrected chi connectivity index (χ3v) is 5.21. The fourth-order valence-electron chi connectivity index (χ4n) is 3.24. The van der Waals surface area contributed by atoms with E-state index in [9.17, 15) is 14.4 Å². The highest BCUT2D eigenvalue weighted by molar-refractivity contribution is 6.31. The maximum absolute atomic E-state index is 12.2. The van der Waals surface area contributed by atoms with Crippen molar-refractivity contribution in [2.24, 2.45) is 11.8 Å². The summed E-state index contributed by atoms with van der Waals surface area (Å²) in [7, 11) is 1.49. The summed E-state index contributed by atoms with van der Waals surface area (Å²) in [6, 6.07) is 3.36. The highest BCUT2D eigenvalue weighted by atomic mass is 35.5. The Hall–Kier alpha value is -2.28. The molecule has 1 aromatic carbocycles. The number of aliphatic carboxylic acids is 1. The lowest BCUT2D eigenvalue weighted by Gasteiger charge is -2.25. The fraction of sp³-hybridized carbons (Fsp3) is 0.526. The quantitative estimate of drug-likeness (QED) is 0.657. The Morgan fingerprint density at radius 2 is 1.96 bits per heavy atom. The molecule has 0 aliphatic heterocycles. The number of ether oxygens (including phenoxy) is 1. The lowest BCUT2D eigenvalue weighted by Crippen LogP contribution is -2.36. The van der Waals surface area contributed by atoms with E-state index < -0.39 is 11.9 Å². The van der Waals surface area contributed by atoms with Gasteiger partial charge in [-0.15, -0.1) is 0 Å². The topological polar surface area (TPSA) is 105 Å². The molecule has 1 aromatic rings. The summed E-state index contributed by atoms with van der Waals surface area (Å²) in [6.45, 7) is 2.01. The van der Waals surface area contributed by atoms with Gasteiger partial charge in [-0.3, -0.25) is 14.4 Å². The van der Waals surface area contributed by atoms with Crippen molar-refractivity contribution in [3.63, 3.8) is 0 Å². The van der Waals surface area contributed by atoms with Gasteiger partial charge in [0.2, 0.25) is 11.8 Å². The standard InChI is InChI=1S/C19H25ClN2O5/c1-11-8-15(16(27-2)10-14(11)20)22-17(23)6-7-21-18(24)12-4-3-5-13(9-12)19(25)26/h8,10,12-13H,3-7,9H2,1-2H3,(H,21,24)(H,22,23)(H,25,26). The molecule has 7 nitrogen and oxygen atoms in total. The molecule has 3 N–H and O–H groups in total. The summed E-state index contributed by atoms with van der Waals surface area (Å²) in [5, 5.41) is 15.1. The Bertz CT molecular complexity index is 722. The first-order valence-electron chi connectivity index (χ1n) is 8.96. The number of carboxylic acids is 1. The van der Waals surface area contributed by atoms with Gasteiger partial charge in [0.25, 0.3) is 0 Å². The molecule has 1 aliphatic rings. The van der Waals surface area contributed by atoms with E-state index >= 15 is 0 Å². The minimum absolute atomic E-state index is 0.103. The molecular formula is C19H25ClN2O5. The molecule has 0 bridgehead atoms. The Balaban J connectivity index is 1.82. The number of anilines is 1. The molecule has 0 heterocycles. The second-order valence-corrected chi connectivity index (χ2v) is 7.20. The molecule has 27 heavy (non-hydrogen) atoms. The first-order valence-corrected chi connectivity index (χ1v) is 9.34. The van der Waals surface area contributed by atoms with E-state index in [-0.39, 0.29) is 30.7 Å². The van der Waals surface area contributed by atoms with Crippen molar-refractivity contribution in [3.05, 3.63) is 22.7 Å². The number of hydrogen-bond acceptors (Lipinski definition) is 4. The van der Waals surface area contributed by atoms with Gasteiger partial charge in [0.15, 0.2) is 0 Å². The van der Waals surface area contributed by atoms with Crippen LogP contribution in [0.1, 0.15) is 37.7 Å². The Kier molecular flexibility index (Phi) is 7.47. The lowest BCUT2D eigenvalue weighted by atomic mass is 9.81. The molecule has 0 radical (unpaired) electrons. The predicted molar refractivity (Wildman–Crippen MR) is 102 cm³/mol. The van der Waals surface area contributed by atoms with Gasteiger partial charge in [-0.25, -0.2) is 0 Å². The number of nitrogens with one attached hydrogen (secondary N) is 2. The van der Waals surface area contributed by atoms with Crippen LogP contribution in [0.15, 0.2) is 12.1 Å². The average molecular weight is 397 g/mol.